The molecule has 0 radical (unpaired) electrons. The maximum atomic E-state index is 12.8. The first-order valence-corrected chi connectivity index (χ1v) is 10.2. The minimum absolute atomic E-state index is 0.0881. The van der Waals surface area contributed by atoms with Gasteiger partial charge in [-0.25, -0.2) is 9.97 Å². The lowest BCUT2D eigenvalue weighted by molar-refractivity contribution is -0.118. The van der Waals surface area contributed by atoms with E-state index in [1.54, 1.807) is 34.2 Å². The summed E-state index contributed by atoms with van der Waals surface area (Å²) in [6.07, 6.45) is 1.61. The van der Waals surface area contributed by atoms with Crippen molar-refractivity contribution in [2.45, 2.75) is 32.1 Å². The van der Waals surface area contributed by atoms with Gasteiger partial charge in [-0.05, 0) is 29.5 Å². The van der Waals surface area contributed by atoms with Crippen molar-refractivity contribution in [3.05, 3.63) is 51.1 Å². The Hall–Kier alpha value is -2.19. The Bertz CT molecular complexity index is 951. The molecule has 6 nitrogen and oxygen atoms in total. The van der Waals surface area contributed by atoms with Crippen molar-refractivity contribution < 1.29 is 4.79 Å². The van der Waals surface area contributed by atoms with E-state index in [4.69, 9.17) is 0 Å². The summed E-state index contributed by atoms with van der Waals surface area (Å²) in [6, 6.07) is 7.40. The van der Waals surface area contributed by atoms with E-state index in [9.17, 15) is 9.59 Å². The Balaban J connectivity index is 1.77. The van der Waals surface area contributed by atoms with Gasteiger partial charge in [-0.3, -0.25) is 14.2 Å². The molecule has 8 heteroatoms. The second-order valence-corrected chi connectivity index (χ2v) is 8.20. The Labute approximate surface area is 159 Å². The Morgan fingerprint density at radius 1 is 1.35 bits per heavy atom. The van der Waals surface area contributed by atoms with Crippen LogP contribution in [0.3, 0.4) is 0 Å². The zero-order valence-corrected chi connectivity index (χ0v) is 16.3. The highest BCUT2D eigenvalue weighted by atomic mass is 32.2. The third kappa shape index (κ3) is 4.50. The number of hydrogen-bond donors (Lipinski definition) is 1. The second-order valence-electron chi connectivity index (χ2n) is 6.22. The lowest BCUT2D eigenvalue weighted by Gasteiger charge is -2.14. The molecule has 26 heavy (non-hydrogen) atoms. The average Bonchev–Trinajstić information content (AvgIpc) is 3.14. The van der Waals surface area contributed by atoms with Crippen LogP contribution in [0.25, 0.3) is 11.0 Å². The van der Waals surface area contributed by atoms with Gasteiger partial charge in [0.25, 0.3) is 5.56 Å². The van der Waals surface area contributed by atoms with Gasteiger partial charge in [0.1, 0.15) is 0 Å². The summed E-state index contributed by atoms with van der Waals surface area (Å²) in [5.74, 6) is 0.402. The van der Waals surface area contributed by atoms with Gasteiger partial charge < -0.3 is 5.32 Å². The van der Waals surface area contributed by atoms with Gasteiger partial charge in [0.15, 0.2) is 10.8 Å². The lowest BCUT2D eigenvalue weighted by Crippen LogP contribution is -2.27. The average molecular weight is 389 g/mol. The Morgan fingerprint density at radius 3 is 2.92 bits per heavy atom. The van der Waals surface area contributed by atoms with Crippen LogP contribution in [-0.4, -0.2) is 26.2 Å². The molecular formula is C18H20N4O2S2. The molecule has 0 bridgehead atoms. The number of fused-ring (bicyclic) bond motifs is 1. The van der Waals surface area contributed by atoms with Crippen LogP contribution in [0, 0.1) is 5.92 Å². The first kappa shape index (κ1) is 18.6. The molecule has 0 fully saturated rings. The van der Waals surface area contributed by atoms with E-state index >= 15 is 0 Å². The molecule has 3 heterocycles. The summed E-state index contributed by atoms with van der Waals surface area (Å²) in [7, 11) is 0. The zero-order valence-electron chi connectivity index (χ0n) is 14.6. The number of hydrogen-bond acceptors (Lipinski definition) is 6. The van der Waals surface area contributed by atoms with Crippen molar-refractivity contribution in [1.29, 1.82) is 0 Å². The molecule has 0 unspecified atom stereocenters. The molecule has 0 aliphatic heterocycles. The van der Waals surface area contributed by atoms with Crippen LogP contribution >= 0.6 is 23.1 Å². The van der Waals surface area contributed by atoms with Crippen LogP contribution < -0.4 is 10.9 Å². The predicted octanol–water partition coefficient (Wildman–Crippen LogP) is 2.92. The first-order chi connectivity index (χ1) is 12.5. The number of amides is 1. The van der Waals surface area contributed by atoms with Crippen LogP contribution in [0.4, 0.5) is 0 Å². The maximum absolute atomic E-state index is 12.8. The molecular weight excluding hydrogens is 368 g/mol. The molecule has 0 aliphatic rings. The normalized spacial score (nSPS) is 11.2. The van der Waals surface area contributed by atoms with E-state index in [0.717, 1.165) is 4.88 Å². The number of thioether (sulfide) groups is 1. The van der Waals surface area contributed by atoms with Crippen molar-refractivity contribution in [2.75, 3.05) is 5.75 Å². The van der Waals surface area contributed by atoms with Gasteiger partial charge in [-0.15, -0.1) is 11.3 Å². The van der Waals surface area contributed by atoms with E-state index in [0.29, 0.717) is 29.3 Å². The zero-order chi connectivity index (χ0) is 18.5. The van der Waals surface area contributed by atoms with Gasteiger partial charge in [0.2, 0.25) is 5.91 Å². The number of nitrogens with zero attached hydrogens (tertiary/aromatic N) is 3. The topological polar surface area (TPSA) is 76.9 Å². The summed E-state index contributed by atoms with van der Waals surface area (Å²) >= 11 is 2.87. The fourth-order valence-electron chi connectivity index (χ4n) is 2.45. The number of pyridine rings is 1. The lowest BCUT2D eigenvalue weighted by atomic mass is 10.2. The molecule has 0 aromatic carbocycles. The van der Waals surface area contributed by atoms with Crippen molar-refractivity contribution >= 4 is 40.0 Å². The fraction of sp³-hybridized carbons (Fsp3) is 0.333. The standard InChI is InChI=1S/C18H20N4O2S2/c1-12(2)10-22-17(24)14-6-3-7-19-16(14)21-18(22)26-11-15(23)20-9-13-5-4-8-25-13/h3-8,12H,9-11H2,1-2H3,(H,20,23). The molecule has 1 amide bonds. The number of aromatic nitrogens is 3. The number of nitrogens with one attached hydrogen (secondary N) is 1. The second kappa shape index (κ2) is 8.46. The van der Waals surface area contributed by atoms with E-state index in [1.165, 1.54) is 11.8 Å². The SMILES string of the molecule is CC(C)Cn1c(SCC(=O)NCc2cccs2)nc2ncccc2c1=O. The monoisotopic (exact) mass is 388 g/mol. The van der Waals surface area contributed by atoms with E-state index in [-0.39, 0.29) is 23.1 Å². The molecule has 0 saturated heterocycles. The highest BCUT2D eigenvalue weighted by Crippen LogP contribution is 2.18. The Morgan fingerprint density at radius 2 is 2.19 bits per heavy atom. The molecule has 3 rings (SSSR count). The van der Waals surface area contributed by atoms with Gasteiger partial charge >= 0.3 is 0 Å². The largest absolute Gasteiger partial charge is 0.350 e. The minimum Gasteiger partial charge on any atom is -0.350 e. The van der Waals surface area contributed by atoms with Gasteiger partial charge in [-0.1, -0.05) is 31.7 Å². The minimum atomic E-state index is -0.113. The van der Waals surface area contributed by atoms with Crippen LogP contribution in [0.1, 0.15) is 18.7 Å². The highest BCUT2D eigenvalue weighted by Gasteiger charge is 2.14. The van der Waals surface area contributed by atoms with Crippen molar-refractivity contribution in [1.82, 2.24) is 19.9 Å². The number of carbonyl (C=O) groups excluding carboxylic acids is 1. The molecule has 0 saturated carbocycles. The van der Waals surface area contributed by atoms with E-state index < -0.39 is 0 Å². The fourth-order valence-corrected chi connectivity index (χ4v) is 3.92. The number of carbonyl (C=O) groups is 1. The van der Waals surface area contributed by atoms with Crippen LogP contribution in [0.5, 0.6) is 0 Å². The predicted molar refractivity (Wildman–Crippen MR) is 106 cm³/mol. The summed E-state index contributed by atoms with van der Waals surface area (Å²) in [6.45, 7) is 5.16. The molecule has 136 valence electrons. The highest BCUT2D eigenvalue weighted by molar-refractivity contribution is 7.99. The number of thiophene rings is 1. The van der Waals surface area contributed by atoms with Crippen LogP contribution in [0.2, 0.25) is 0 Å². The summed E-state index contributed by atoms with van der Waals surface area (Å²) < 4.78 is 1.64. The van der Waals surface area contributed by atoms with Gasteiger partial charge in [-0.2, -0.15) is 0 Å². The van der Waals surface area contributed by atoms with E-state index in [2.05, 4.69) is 15.3 Å². The van der Waals surface area contributed by atoms with Crippen molar-refractivity contribution in [2.24, 2.45) is 5.92 Å². The quantitative estimate of drug-likeness (QED) is 0.497. The molecule has 0 aliphatic carbocycles. The third-order valence-electron chi connectivity index (χ3n) is 3.61. The van der Waals surface area contributed by atoms with Crippen LogP contribution in [0.15, 0.2) is 45.8 Å². The smallest absolute Gasteiger partial charge is 0.263 e. The summed E-state index contributed by atoms with van der Waals surface area (Å²) in [5.41, 5.74) is 0.303. The summed E-state index contributed by atoms with van der Waals surface area (Å²) in [5, 5.41) is 5.89. The summed E-state index contributed by atoms with van der Waals surface area (Å²) in [4.78, 5) is 34.7. The first-order valence-electron chi connectivity index (χ1n) is 8.32. The van der Waals surface area contributed by atoms with Crippen molar-refractivity contribution in [3.8, 4) is 0 Å². The molecule has 3 aromatic rings. The maximum Gasteiger partial charge on any atom is 0.263 e. The molecule has 0 spiro atoms. The molecule has 3 aromatic heterocycles. The molecule has 0 atom stereocenters. The van der Waals surface area contributed by atoms with Gasteiger partial charge in [0, 0.05) is 17.6 Å². The van der Waals surface area contributed by atoms with E-state index in [1.807, 2.05) is 31.4 Å². The van der Waals surface area contributed by atoms with Gasteiger partial charge in [0.05, 0.1) is 17.7 Å². The molecule has 1 N–H and O–H groups in total. The Kier molecular flexibility index (Phi) is 6.05. The third-order valence-corrected chi connectivity index (χ3v) is 5.47. The van der Waals surface area contributed by atoms with Crippen LogP contribution in [-0.2, 0) is 17.9 Å². The number of rotatable bonds is 7. The van der Waals surface area contributed by atoms with Crippen molar-refractivity contribution in [3.63, 3.8) is 0 Å².